The van der Waals surface area contributed by atoms with Gasteiger partial charge in [0.15, 0.2) is 11.6 Å². The van der Waals surface area contributed by atoms with Crippen LogP contribution >= 0.6 is 0 Å². The minimum absolute atomic E-state index is 0.106. The normalized spacial score (nSPS) is 11.0. The van der Waals surface area contributed by atoms with Crippen LogP contribution in [0.5, 0.6) is 5.75 Å². The van der Waals surface area contributed by atoms with E-state index in [1.165, 1.54) is 23.8 Å². The average molecular weight is 303 g/mol. The summed E-state index contributed by atoms with van der Waals surface area (Å²) in [4.78, 5) is 12.4. The van der Waals surface area contributed by atoms with Crippen LogP contribution < -0.4 is 10.3 Å². The summed E-state index contributed by atoms with van der Waals surface area (Å²) >= 11 is 0. The Bertz CT molecular complexity index is 885. The van der Waals surface area contributed by atoms with Gasteiger partial charge in [-0.05, 0) is 23.6 Å². The predicted octanol–water partition coefficient (Wildman–Crippen LogP) is 2.14. The van der Waals surface area contributed by atoms with Gasteiger partial charge >= 0.3 is 0 Å². The average Bonchev–Trinajstić information content (AvgIpc) is 2.98. The van der Waals surface area contributed by atoms with Crippen LogP contribution in [0.25, 0.3) is 10.8 Å². The largest absolute Gasteiger partial charge is 0.494 e. The Hall–Kier alpha value is -2.70. The second-order valence-corrected chi connectivity index (χ2v) is 4.77. The number of hydrogen-bond donors (Lipinski definition) is 0. The number of nitrogens with zero attached hydrogens (tertiary/aromatic N) is 3. The van der Waals surface area contributed by atoms with Crippen molar-refractivity contribution in [2.45, 2.75) is 19.9 Å². The lowest BCUT2D eigenvalue weighted by atomic mass is 10.1. The van der Waals surface area contributed by atoms with E-state index in [1.807, 2.05) is 6.92 Å². The van der Waals surface area contributed by atoms with Gasteiger partial charge in [0.1, 0.15) is 6.54 Å². The quantitative estimate of drug-likeness (QED) is 0.738. The Balaban J connectivity index is 2.04. The second-order valence-electron chi connectivity index (χ2n) is 4.77. The zero-order valence-electron chi connectivity index (χ0n) is 12.2. The molecular formula is C15H14FN3O3. The summed E-state index contributed by atoms with van der Waals surface area (Å²) in [6, 6.07) is 4.40. The number of benzene rings is 1. The molecule has 7 heteroatoms. The highest BCUT2D eigenvalue weighted by Gasteiger charge is 2.11. The zero-order chi connectivity index (χ0) is 15.7. The molecule has 1 aromatic carbocycles. The van der Waals surface area contributed by atoms with E-state index in [4.69, 9.17) is 9.15 Å². The molecule has 3 rings (SSSR count). The minimum atomic E-state index is -0.573. The van der Waals surface area contributed by atoms with E-state index in [2.05, 4.69) is 10.2 Å². The van der Waals surface area contributed by atoms with Crippen LogP contribution in [0.3, 0.4) is 0 Å². The molecule has 0 amide bonds. The summed E-state index contributed by atoms with van der Waals surface area (Å²) in [6.07, 6.45) is 2.24. The van der Waals surface area contributed by atoms with Crippen molar-refractivity contribution in [3.8, 4) is 5.75 Å². The van der Waals surface area contributed by atoms with Gasteiger partial charge in [-0.15, -0.1) is 10.2 Å². The molecule has 0 unspecified atom stereocenters. The lowest BCUT2D eigenvalue weighted by Gasteiger charge is -2.07. The van der Waals surface area contributed by atoms with Gasteiger partial charge in [0.25, 0.3) is 5.56 Å². The number of halogens is 1. The number of aryl methyl sites for hydroxylation is 1. The summed E-state index contributed by atoms with van der Waals surface area (Å²) in [5.74, 6) is 0.386. The molecule has 0 fully saturated rings. The number of aromatic nitrogens is 3. The van der Waals surface area contributed by atoms with Gasteiger partial charge in [0.2, 0.25) is 11.8 Å². The third kappa shape index (κ3) is 2.45. The van der Waals surface area contributed by atoms with Gasteiger partial charge in [0, 0.05) is 12.6 Å². The first kappa shape index (κ1) is 14.2. The van der Waals surface area contributed by atoms with Crippen LogP contribution in [-0.2, 0) is 13.0 Å². The third-order valence-electron chi connectivity index (χ3n) is 3.37. The molecule has 22 heavy (non-hydrogen) atoms. The van der Waals surface area contributed by atoms with E-state index in [0.717, 1.165) is 0 Å². The van der Waals surface area contributed by atoms with Crippen LogP contribution in [0.4, 0.5) is 4.39 Å². The molecule has 6 nitrogen and oxygen atoms in total. The van der Waals surface area contributed by atoms with Crippen molar-refractivity contribution in [2.24, 2.45) is 0 Å². The molecule has 2 heterocycles. The number of rotatable bonds is 4. The van der Waals surface area contributed by atoms with E-state index >= 15 is 0 Å². The molecule has 0 aliphatic carbocycles. The second kappa shape index (κ2) is 5.59. The standard InChI is InChI=1S/C15H14FN3O3/c1-3-13-17-18-14(22-13)8-19-5-4-9-6-12(21-2)11(16)7-10(9)15(19)20/h4-7H,3,8H2,1-2H3. The summed E-state index contributed by atoms with van der Waals surface area (Å²) in [5.41, 5.74) is -0.324. The van der Waals surface area contributed by atoms with Crippen LogP contribution in [0, 0.1) is 5.82 Å². The fourth-order valence-electron chi connectivity index (χ4n) is 2.21. The van der Waals surface area contributed by atoms with Gasteiger partial charge in [-0.1, -0.05) is 6.92 Å². The molecule has 0 aliphatic rings. The molecule has 2 aromatic heterocycles. The van der Waals surface area contributed by atoms with E-state index in [1.54, 1.807) is 12.3 Å². The van der Waals surface area contributed by atoms with Crippen molar-refractivity contribution >= 4 is 10.8 Å². The summed E-state index contributed by atoms with van der Waals surface area (Å²) in [6.45, 7) is 2.05. The van der Waals surface area contributed by atoms with Crippen molar-refractivity contribution in [3.63, 3.8) is 0 Å². The monoisotopic (exact) mass is 303 g/mol. The molecule has 0 N–H and O–H groups in total. The van der Waals surface area contributed by atoms with Crippen molar-refractivity contribution in [3.05, 3.63) is 52.3 Å². The maximum absolute atomic E-state index is 13.8. The fraction of sp³-hybridized carbons (Fsp3) is 0.267. The van der Waals surface area contributed by atoms with Gasteiger partial charge in [0.05, 0.1) is 12.5 Å². The first-order valence-electron chi connectivity index (χ1n) is 6.80. The van der Waals surface area contributed by atoms with Gasteiger partial charge in [-0.3, -0.25) is 4.79 Å². The van der Waals surface area contributed by atoms with Crippen molar-refractivity contribution in [1.29, 1.82) is 0 Å². The van der Waals surface area contributed by atoms with E-state index < -0.39 is 5.82 Å². The van der Waals surface area contributed by atoms with Crippen LogP contribution in [-0.4, -0.2) is 21.9 Å². The Labute approximate surface area is 125 Å². The topological polar surface area (TPSA) is 70.2 Å². The predicted molar refractivity (Wildman–Crippen MR) is 77.5 cm³/mol. The molecule has 0 saturated carbocycles. The molecule has 0 aliphatic heterocycles. The minimum Gasteiger partial charge on any atom is -0.494 e. The Morgan fingerprint density at radius 1 is 1.32 bits per heavy atom. The SMILES string of the molecule is CCc1nnc(Cn2ccc3cc(OC)c(F)cc3c2=O)o1. The molecular weight excluding hydrogens is 289 g/mol. The lowest BCUT2D eigenvalue weighted by Crippen LogP contribution is -2.20. The summed E-state index contributed by atoms with van der Waals surface area (Å²) in [7, 11) is 1.38. The first-order chi connectivity index (χ1) is 10.6. The number of methoxy groups -OCH3 is 1. The van der Waals surface area contributed by atoms with E-state index in [-0.39, 0.29) is 23.2 Å². The molecule has 0 radical (unpaired) electrons. The Kier molecular flexibility index (Phi) is 3.62. The fourth-order valence-corrected chi connectivity index (χ4v) is 2.21. The van der Waals surface area contributed by atoms with Crippen molar-refractivity contribution in [1.82, 2.24) is 14.8 Å². The van der Waals surface area contributed by atoms with Crippen molar-refractivity contribution < 1.29 is 13.5 Å². The van der Waals surface area contributed by atoms with E-state index in [0.29, 0.717) is 23.6 Å². The highest BCUT2D eigenvalue weighted by Crippen LogP contribution is 2.22. The first-order valence-corrected chi connectivity index (χ1v) is 6.80. The highest BCUT2D eigenvalue weighted by atomic mass is 19.1. The summed E-state index contributed by atoms with van der Waals surface area (Å²) < 4.78 is 25.5. The smallest absolute Gasteiger partial charge is 0.259 e. The maximum Gasteiger partial charge on any atom is 0.259 e. The van der Waals surface area contributed by atoms with Gasteiger partial charge in [-0.2, -0.15) is 0 Å². The Morgan fingerprint density at radius 3 is 2.77 bits per heavy atom. The molecule has 114 valence electrons. The summed E-state index contributed by atoms with van der Waals surface area (Å²) in [5, 5.41) is 8.61. The van der Waals surface area contributed by atoms with Crippen LogP contribution in [0.2, 0.25) is 0 Å². The highest BCUT2D eigenvalue weighted by molar-refractivity contribution is 5.83. The van der Waals surface area contributed by atoms with E-state index in [9.17, 15) is 9.18 Å². The number of hydrogen-bond acceptors (Lipinski definition) is 5. The number of ether oxygens (including phenoxy) is 1. The van der Waals surface area contributed by atoms with Crippen molar-refractivity contribution in [2.75, 3.05) is 7.11 Å². The molecule has 0 saturated heterocycles. The molecule has 0 spiro atoms. The molecule has 3 aromatic rings. The zero-order valence-corrected chi connectivity index (χ0v) is 12.2. The van der Waals surface area contributed by atoms with Crippen LogP contribution in [0.15, 0.2) is 33.6 Å². The Morgan fingerprint density at radius 2 is 2.09 bits per heavy atom. The molecule has 0 atom stereocenters. The lowest BCUT2D eigenvalue weighted by molar-refractivity contribution is 0.387. The maximum atomic E-state index is 13.8. The van der Waals surface area contributed by atoms with Gasteiger partial charge in [-0.25, -0.2) is 4.39 Å². The van der Waals surface area contributed by atoms with Gasteiger partial charge < -0.3 is 13.7 Å². The van der Waals surface area contributed by atoms with Crippen LogP contribution in [0.1, 0.15) is 18.7 Å². The molecule has 0 bridgehead atoms. The third-order valence-corrected chi connectivity index (χ3v) is 3.37. The number of pyridine rings is 1. The number of fused-ring (bicyclic) bond motifs is 1.